The van der Waals surface area contributed by atoms with Crippen molar-refractivity contribution in [2.45, 2.75) is 12.3 Å². The van der Waals surface area contributed by atoms with Crippen LogP contribution in [-0.4, -0.2) is 16.3 Å². The van der Waals surface area contributed by atoms with Crippen LogP contribution in [0.2, 0.25) is 0 Å². The average Bonchev–Trinajstić information content (AvgIpc) is 2.08. The van der Waals surface area contributed by atoms with Crippen molar-refractivity contribution in [3.63, 3.8) is 0 Å². The number of carbonyl (C=O) groups is 1. The Kier molecular flexibility index (Phi) is 3.69. The highest BCUT2D eigenvalue weighted by Crippen LogP contribution is 2.11. The van der Waals surface area contributed by atoms with Crippen molar-refractivity contribution in [3.05, 3.63) is 22.9 Å². The fourth-order valence-electron chi connectivity index (χ4n) is 0.691. The van der Waals surface area contributed by atoms with Gasteiger partial charge in [0.25, 0.3) is 0 Å². The smallest absolute Gasteiger partial charge is 0.242 e. The Morgan fingerprint density at radius 3 is 2.85 bits per heavy atom. The summed E-state index contributed by atoms with van der Waals surface area (Å²) in [7, 11) is 0. The van der Waals surface area contributed by atoms with Gasteiger partial charge in [-0.1, -0.05) is 0 Å². The largest absolute Gasteiger partial charge is 0.323 e. The molecule has 0 fully saturated rings. The standard InChI is InChI=1S/C8H8BrClN2O/c1-5(10)8(13)12-6-2-3-7(9)11-4-6/h2-5H,1H3,(H,12,13). The molecule has 1 amide bonds. The van der Waals surface area contributed by atoms with E-state index in [1.54, 1.807) is 25.3 Å². The number of hydrogen-bond acceptors (Lipinski definition) is 2. The first-order valence-corrected chi connectivity index (χ1v) is 4.89. The minimum Gasteiger partial charge on any atom is -0.323 e. The van der Waals surface area contributed by atoms with Crippen molar-refractivity contribution in [3.8, 4) is 0 Å². The van der Waals surface area contributed by atoms with E-state index in [2.05, 4.69) is 26.2 Å². The summed E-state index contributed by atoms with van der Waals surface area (Å²) in [6.07, 6.45) is 1.56. The lowest BCUT2D eigenvalue weighted by Crippen LogP contribution is -2.20. The number of nitrogens with zero attached hydrogens (tertiary/aromatic N) is 1. The van der Waals surface area contributed by atoms with Crippen LogP contribution in [0.25, 0.3) is 0 Å². The third kappa shape index (κ3) is 3.32. The molecular formula is C8H8BrClN2O. The van der Waals surface area contributed by atoms with Crippen molar-refractivity contribution in [1.29, 1.82) is 0 Å². The Morgan fingerprint density at radius 2 is 2.38 bits per heavy atom. The number of pyridine rings is 1. The predicted molar refractivity (Wildman–Crippen MR) is 55.9 cm³/mol. The van der Waals surface area contributed by atoms with Crippen molar-refractivity contribution in [1.82, 2.24) is 4.98 Å². The van der Waals surface area contributed by atoms with Crippen LogP contribution in [0.3, 0.4) is 0 Å². The Balaban J connectivity index is 2.65. The second kappa shape index (κ2) is 4.58. The van der Waals surface area contributed by atoms with Crippen molar-refractivity contribution >= 4 is 39.1 Å². The van der Waals surface area contributed by atoms with Crippen LogP contribution < -0.4 is 5.32 Å². The first-order chi connectivity index (χ1) is 6.09. The van der Waals surface area contributed by atoms with Gasteiger partial charge in [-0.05, 0) is 35.0 Å². The topological polar surface area (TPSA) is 42.0 Å². The van der Waals surface area contributed by atoms with E-state index in [-0.39, 0.29) is 5.91 Å². The highest BCUT2D eigenvalue weighted by molar-refractivity contribution is 9.10. The molecule has 1 atom stereocenters. The maximum absolute atomic E-state index is 11.1. The van der Waals surface area contributed by atoms with E-state index in [1.807, 2.05) is 0 Å². The van der Waals surface area contributed by atoms with Crippen LogP contribution in [0.1, 0.15) is 6.92 Å². The highest BCUT2D eigenvalue weighted by Gasteiger charge is 2.08. The summed E-state index contributed by atoms with van der Waals surface area (Å²) in [4.78, 5) is 15.1. The van der Waals surface area contributed by atoms with Gasteiger partial charge >= 0.3 is 0 Å². The van der Waals surface area contributed by atoms with Crippen molar-refractivity contribution in [2.24, 2.45) is 0 Å². The fourth-order valence-corrected chi connectivity index (χ4v) is 0.981. The van der Waals surface area contributed by atoms with Gasteiger partial charge in [-0.25, -0.2) is 4.98 Å². The number of aromatic nitrogens is 1. The third-order valence-corrected chi connectivity index (χ3v) is 2.02. The Bertz CT molecular complexity index is 300. The van der Waals surface area contributed by atoms with Gasteiger partial charge in [-0.15, -0.1) is 11.6 Å². The van der Waals surface area contributed by atoms with E-state index in [0.717, 1.165) is 4.60 Å². The molecule has 0 bridgehead atoms. The highest BCUT2D eigenvalue weighted by atomic mass is 79.9. The average molecular weight is 264 g/mol. The molecule has 13 heavy (non-hydrogen) atoms. The number of halogens is 2. The van der Waals surface area contributed by atoms with Crippen molar-refractivity contribution < 1.29 is 4.79 Å². The zero-order chi connectivity index (χ0) is 9.84. The molecular weight excluding hydrogens is 255 g/mol. The van der Waals surface area contributed by atoms with E-state index in [1.165, 1.54) is 0 Å². The second-order valence-corrected chi connectivity index (χ2v) is 3.94. The van der Waals surface area contributed by atoms with Gasteiger partial charge < -0.3 is 5.32 Å². The Morgan fingerprint density at radius 1 is 1.69 bits per heavy atom. The number of amides is 1. The van der Waals surface area contributed by atoms with Crippen LogP contribution in [0, 0.1) is 0 Å². The van der Waals surface area contributed by atoms with E-state index in [0.29, 0.717) is 5.69 Å². The molecule has 0 aliphatic heterocycles. The molecule has 0 aromatic carbocycles. The predicted octanol–water partition coefficient (Wildman–Crippen LogP) is 2.41. The van der Waals surface area contributed by atoms with Crippen LogP contribution >= 0.6 is 27.5 Å². The van der Waals surface area contributed by atoms with Crippen LogP contribution in [0.5, 0.6) is 0 Å². The van der Waals surface area contributed by atoms with Gasteiger partial charge in [0.2, 0.25) is 5.91 Å². The van der Waals surface area contributed by atoms with Crippen molar-refractivity contribution in [2.75, 3.05) is 5.32 Å². The number of anilines is 1. The number of rotatable bonds is 2. The molecule has 1 aromatic heterocycles. The lowest BCUT2D eigenvalue weighted by atomic mass is 10.4. The number of alkyl halides is 1. The molecule has 0 saturated carbocycles. The molecule has 3 nitrogen and oxygen atoms in total. The molecule has 1 aromatic rings. The zero-order valence-corrected chi connectivity index (χ0v) is 9.26. The van der Waals surface area contributed by atoms with Gasteiger partial charge in [0.1, 0.15) is 9.98 Å². The maximum atomic E-state index is 11.1. The monoisotopic (exact) mass is 262 g/mol. The second-order valence-electron chi connectivity index (χ2n) is 2.47. The molecule has 0 spiro atoms. The number of carbonyl (C=O) groups excluding carboxylic acids is 1. The summed E-state index contributed by atoms with van der Waals surface area (Å²) in [5, 5.41) is 2.08. The summed E-state index contributed by atoms with van der Waals surface area (Å²) in [5.74, 6) is -0.231. The fraction of sp³-hybridized carbons (Fsp3) is 0.250. The Hall–Kier alpha value is -0.610. The van der Waals surface area contributed by atoms with Crippen LogP contribution in [-0.2, 0) is 4.79 Å². The molecule has 5 heteroatoms. The van der Waals surface area contributed by atoms with Gasteiger partial charge in [0.15, 0.2) is 0 Å². The minimum atomic E-state index is -0.538. The third-order valence-electron chi connectivity index (χ3n) is 1.36. The molecule has 0 radical (unpaired) electrons. The summed E-state index contributed by atoms with van der Waals surface area (Å²) >= 11 is 8.76. The number of hydrogen-bond donors (Lipinski definition) is 1. The minimum absolute atomic E-state index is 0.231. The molecule has 1 rings (SSSR count). The van der Waals surface area contributed by atoms with E-state index < -0.39 is 5.38 Å². The molecule has 0 aliphatic rings. The quantitative estimate of drug-likeness (QED) is 0.658. The van der Waals surface area contributed by atoms with Crippen LogP contribution in [0.4, 0.5) is 5.69 Å². The SMILES string of the molecule is CC(Cl)C(=O)Nc1ccc(Br)nc1. The lowest BCUT2D eigenvalue weighted by Gasteiger charge is -2.05. The molecule has 1 unspecified atom stereocenters. The van der Waals surface area contributed by atoms with Gasteiger partial charge in [0, 0.05) is 0 Å². The normalized spacial score (nSPS) is 12.2. The summed E-state index contributed by atoms with van der Waals surface area (Å²) in [5.41, 5.74) is 0.640. The van der Waals surface area contributed by atoms with Gasteiger partial charge in [-0.2, -0.15) is 0 Å². The molecule has 70 valence electrons. The summed E-state index contributed by atoms with van der Waals surface area (Å²) < 4.78 is 0.726. The summed E-state index contributed by atoms with van der Waals surface area (Å²) in [6.45, 7) is 1.61. The Labute approximate surface area is 89.6 Å². The van der Waals surface area contributed by atoms with Gasteiger partial charge in [0.05, 0.1) is 11.9 Å². The first-order valence-electron chi connectivity index (χ1n) is 3.66. The van der Waals surface area contributed by atoms with E-state index in [4.69, 9.17) is 11.6 Å². The molecule has 1 N–H and O–H groups in total. The molecule has 1 heterocycles. The zero-order valence-electron chi connectivity index (χ0n) is 6.92. The number of nitrogens with one attached hydrogen (secondary N) is 1. The maximum Gasteiger partial charge on any atom is 0.242 e. The first kappa shape index (κ1) is 10.5. The van der Waals surface area contributed by atoms with E-state index >= 15 is 0 Å². The molecule has 0 saturated heterocycles. The van der Waals surface area contributed by atoms with Gasteiger partial charge in [-0.3, -0.25) is 4.79 Å². The molecule has 0 aliphatic carbocycles. The summed E-state index contributed by atoms with van der Waals surface area (Å²) in [6, 6.07) is 3.49. The van der Waals surface area contributed by atoms with Crippen LogP contribution in [0.15, 0.2) is 22.9 Å². The lowest BCUT2D eigenvalue weighted by molar-refractivity contribution is -0.115. The van der Waals surface area contributed by atoms with E-state index in [9.17, 15) is 4.79 Å².